The van der Waals surface area contributed by atoms with Crippen molar-refractivity contribution in [2.45, 2.75) is 32.6 Å². The van der Waals surface area contributed by atoms with Gasteiger partial charge >= 0.3 is 5.97 Å². The van der Waals surface area contributed by atoms with Crippen LogP contribution in [0.2, 0.25) is 0 Å². The predicted molar refractivity (Wildman–Crippen MR) is 92.8 cm³/mol. The molecule has 0 aliphatic heterocycles. The standard InChI is InChI=1S/C19H21N3O3/c1-11-16(19(24)25)10-20-22(11)13-6-4-5-12(9-13)21-18(23)17-14-7-2-3-8-15(14)17/h4-6,9-10,14-15,17H,2-3,7-8H2,1H3,(H,21,23)(H,24,25). The molecule has 2 aliphatic rings. The number of aromatic carboxylic acids is 1. The van der Waals surface area contributed by atoms with Crippen molar-refractivity contribution in [2.24, 2.45) is 17.8 Å². The van der Waals surface area contributed by atoms with Crippen LogP contribution in [0.1, 0.15) is 41.7 Å². The minimum absolute atomic E-state index is 0.109. The van der Waals surface area contributed by atoms with E-state index in [-0.39, 0.29) is 17.4 Å². The summed E-state index contributed by atoms with van der Waals surface area (Å²) in [6.45, 7) is 1.72. The molecule has 6 heteroatoms. The van der Waals surface area contributed by atoms with Gasteiger partial charge in [0.2, 0.25) is 5.91 Å². The van der Waals surface area contributed by atoms with E-state index in [4.69, 9.17) is 5.11 Å². The number of carbonyl (C=O) groups excluding carboxylic acids is 1. The Kier molecular flexibility index (Phi) is 3.82. The van der Waals surface area contributed by atoms with E-state index in [2.05, 4.69) is 10.4 Å². The van der Waals surface area contributed by atoms with Gasteiger partial charge in [0, 0.05) is 11.6 Å². The maximum Gasteiger partial charge on any atom is 0.339 e. The highest BCUT2D eigenvalue weighted by atomic mass is 16.4. The van der Waals surface area contributed by atoms with Gasteiger partial charge in [-0.15, -0.1) is 0 Å². The van der Waals surface area contributed by atoms with Gasteiger partial charge in [0.05, 0.1) is 17.6 Å². The van der Waals surface area contributed by atoms with Crippen LogP contribution < -0.4 is 5.32 Å². The van der Waals surface area contributed by atoms with E-state index >= 15 is 0 Å². The average Bonchev–Trinajstić information content (AvgIpc) is 3.20. The lowest BCUT2D eigenvalue weighted by Gasteiger charge is -2.09. The summed E-state index contributed by atoms with van der Waals surface area (Å²) in [5.41, 5.74) is 2.19. The molecule has 130 valence electrons. The van der Waals surface area contributed by atoms with Crippen LogP contribution in [0.4, 0.5) is 5.69 Å². The maximum absolute atomic E-state index is 12.5. The first kappa shape index (κ1) is 15.9. The molecule has 2 fully saturated rings. The monoisotopic (exact) mass is 339 g/mol. The number of benzene rings is 1. The molecule has 0 bridgehead atoms. The van der Waals surface area contributed by atoms with Gasteiger partial charge in [-0.3, -0.25) is 4.79 Å². The number of hydrogen-bond donors (Lipinski definition) is 2. The zero-order chi connectivity index (χ0) is 17.6. The number of hydrogen-bond acceptors (Lipinski definition) is 3. The Morgan fingerprint density at radius 1 is 1.24 bits per heavy atom. The first-order valence-electron chi connectivity index (χ1n) is 8.75. The minimum atomic E-state index is -0.996. The number of anilines is 1. The topological polar surface area (TPSA) is 84.2 Å². The van der Waals surface area contributed by atoms with Gasteiger partial charge < -0.3 is 10.4 Å². The highest BCUT2D eigenvalue weighted by Gasteiger charge is 2.54. The number of carboxylic acids is 1. The third kappa shape index (κ3) is 2.81. The number of rotatable bonds is 4. The molecule has 2 unspecified atom stereocenters. The molecule has 25 heavy (non-hydrogen) atoms. The fourth-order valence-electron chi connectivity index (χ4n) is 4.20. The van der Waals surface area contributed by atoms with Crippen LogP contribution in [0.25, 0.3) is 5.69 Å². The lowest BCUT2D eigenvalue weighted by atomic mass is 10.0. The molecule has 2 atom stereocenters. The summed E-state index contributed by atoms with van der Waals surface area (Å²) in [6.07, 6.45) is 6.17. The van der Waals surface area contributed by atoms with Gasteiger partial charge in [-0.05, 0) is 49.8 Å². The number of carbonyl (C=O) groups is 2. The van der Waals surface area contributed by atoms with Crippen molar-refractivity contribution >= 4 is 17.6 Å². The third-order valence-corrected chi connectivity index (χ3v) is 5.56. The van der Waals surface area contributed by atoms with Gasteiger partial charge in [0.1, 0.15) is 5.56 Å². The fraction of sp³-hybridized carbons (Fsp3) is 0.421. The molecule has 1 amide bonds. The third-order valence-electron chi connectivity index (χ3n) is 5.56. The summed E-state index contributed by atoms with van der Waals surface area (Å²) < 4.78 is 1.58. The molecule has 2 aromatic rings. The molecular weight excluding hydrogens is 318 g/mol. The second kappa shape index (κ2) is 6.02. The van der Waals surface area contributed by atoms with Crippen LogP contribution in [0.15, 0.2) is 30.5 Å². The van der Waals surface area contributed by atoms with Gasteiger partial charge in [-0.2, -0.15) is 5.10 Å². The summed E-state index contributed by atoms with van der Waals surface area (Å²) in [7, 11) is 0. The van der Waals surface area contributed by atoms with Crippen LogP contribution in [0.5, 0.6) is 0 Å². The zero-order valence-corrected chi connectivity index (χ0v) is 14.1. The number of nitrogens with zero attached hydrogens (tertiary/aromatic N) is 2. The van der Waals surface area contributed by atoms with Crippen LogP contribution in [-0.4, -0.2) is 26.8 Å². The molecule has 0 radical (unpaired) electrons. The molecule has 1 aromatic carbocycles. The second-order valence-electron chi connectivity index (χ2n) is 7.04. The number of carboxylic acid groups (broad SMARTS) is 1. The maximum atomic E-state index is 12.5. The molecule has 0 spiro atoms. The molecule has 1 heterocycles. The van der Waals surface area contributed by atoms with E-state index in [1.165, 1.54) is 31.9 Å². The Hall–Kier alpha value is -2.63. The quantitative estimate of drug-likeness (QED) is 0.895. The molecule has 2 saturated carbocycles. The summed E-state index contributed by atoms with van der Waals surface area (Å²) in [4.78, 5) is 23.7. The largest absolute Gasteiger partial charge is 0.478 e. The molecule has 1 aromatic heterocycles. The van der Waals surface area contributed by atoms with Crippen LogP contribution in [0.3, 0.4) is 0 Å². The Labute approximate surface area is 145 Å². The van der Waals surface area contributed by atoms with Crippen molar-refractivity contribution in [2.75, 3.05) is 5.32 Å². The van der Waals surface area contributed by atoms with E-state index in [0.29, 0.717) is 17.5 Å². The molecule has 6 nitrogen and oxygen atoms in total. The summed E-state index contributed by atoms with van der Waals surface area (Å²) in [5.74, 6) is 0.421. The smallest absolute Gasteiger partial charge is 0.339 e. The number of fused-ring (bicyclic) bond motifs is 1. The van der Waals surface area contributed by atoms with E-state index in [1.807, 2.05) is 24.3 Å². The Morgan fingerprint density at radius 3 is 2.60 bits per heavy atom. The van der Waals surface area contributed by atoms with E-state index in [1.54, 1.807) is 11.6 Å². The zero-order valence-electron chi connectivity index (χ0n) is 14.1. The van der Waals surface area contributed by atoms with E-state index in [0.717, 1.165) is 11.4 Å². The second-order valence-corrected chi connectivity index (χ2v) is 7.04. The Bertz CT molecular complexity index is 830. The van der Waals surface area contributed by atoms with Crippen molar-refractivity contribution in [3.05, 3.63) is 41.7 Å². The number of aromatic nitrogens is 2. The molecule has 2 aliphatic carbocycles. The van der Waals surface area contributed by atoms with Crippen molar-refractivity contribution < 1.29 is 14.7 Å². The first-order valence-corrected chi connectivity index (χ1v) is 8.75. The number of nitrogens with one attached hydrogen (secondary N) is 1. The van der Waals surface area contributed by atoms with Crippen molar-refractivity contribution in [1.82, 2.24) is 9.78 Å². The van der Waals surface area contributed by atoms with Gasteiger partial charge in [-0.1, -0.05) is 18.9 Å². The normalized spacial score (nSPS) is 24.4. The Morgan fingerprint density at radius 2 is 1.96 bits per heavy atom. The lowest BCUT2D eigenvalue weighted by molar-refractivity contribution is -0.117. The lowest BCUT2D eigenvalue weighted by Crippen LogP contribution is -2.15. The summed E-state index contributed by atoms with van der Waals surface area (Å²) >= 11 is 0. The highest BCUT2D eigenvalue weighted by molar-refractivity contribution is 5.95. The fourth-order valence-corrected chi connectivity index (χ4v) is 4.20. The van der Waals surface area contributed by atoms with Crippen LogP contribution in [-0.2, 0) is 4.79 Å². The molecule has 4 rings (SSSR count). The minimum Gasteiger partial charge on any atom is -0.478 e. The first-order chi connectivity index (χ1) is 12.1. The highest BCUT2D eigenvalue weighted by Crippen LogP contribution is 2.55. The van der Waals surface area contributed by atoms with Crippen LogP contribution in [0, 0.1) is 24.7 Å². The van der Waals surface area contributed by atoms with E-state index in [9.17, 15) is 9.59 Å². The predicted octanol–water partition coefficient (Wildman–Crippen LogP) is 3.25. The summed E-state index contributed by atoms with van der Waals surface area (Å²) in [6, 6.07) is 7.37. The average molecular weight is 339 g/mol. The van der Waals surface area contributed by atoms with Gasteiger partial charge in [0.15, 0.2) is 0 Å². The van der Waals surface area contributed by atoms with Crippen LogP contribution >= 0.6 is 0 Å². The van der Waals surface area contributed by atoms with Crippen molar-refractivity contribution in [1.29, 1.82) is 0 Å². The Balaban J connectivity index is 1.52. The van der Waals surface area contributed by atoms with Crippen molar-refractivity contribution in [3.8, 4) is 5.69 Å². The molecule has 0 saturated heterocycles. The number of amides is 1. The summed E-state index contributed by atoms with van der Waals surface area (Å²) in [5, 5.41) is 16.3. The molecule has 2 N–H and O–H groups in total. The van der Waals surface area contributed by atoms with E-state index < -0.39 is 5.97 Å². The molecular formula is C19H21N3O3. The van der Waals surface area contributed by atoms with Gasteiger partial charge in [0.25, 0.3) is 0 Å². The SMILES string of the molecule is Cc1c(C(=O)O)cnn1-c1cccc(NC(=O)C2C3CCCCC32)c1. The van der Waals surface area contributed by atoms with Gasteiger partial charge in [-0.25, -0.2) is 9.48 Å². The van der Waals surface area contributed by atoms with Crippen molar-refractivity contribution in [3.63, 3.8) is 0 Å².